The molecule has 10 heterocycles. The number of nitrogens with two attached hydrogens (primary N) is 1. The van der Waals surface area contributed by atoms with Gasteiger partial charge in [0.05, 0.1) is 35.9 Å². The van der Waals surface area contributed by atoms with E-state index in [2.05, 4.69) is 56.5 Å². The third-order valence-electron chi connectivity index (χ3n) is 14.7. The normalized spacial score (nSPS) is 18.9. The van der Waals surface area contributed by atoms with Crippen LogP contribution in [-0.2, 0) is 32.3 Å². The van der Waals surface area contributed by atoms with Gasteiger partial charge >= 0.3 is 5.97 Å². The van der Waals surface area contributed by atoms with Crippen molar-refractivity contribution in [3.05, 3.63) is 131 Å². The summed E-state index contributed by atoms with van der Waals surface area (Å²) >= 11 is 5.80. The molecule has 0 radical (unpaired) electrons. The number of aromatic nitrogens is 9. The number of thioether (sulfide) groups is 1. The van der Waals surface area contributed by atoms with Crippen LogP contribution in [0.3, 0.4) is 0 Å². The van der Waals surface area contributed by atoms with Crippen molar-refractivity contribution in [1.29, 1.82) is 0 Å². The van der Waals surface area contributed by atoms with Crippen LogP contribution >= 0.6 is 68.4 Å². The Bertz CT molecular complexity index is 4360. The van der Waals surface area contributed by atoms with Crippen molar-refractivity contribution < 1.29 is 58.4 Å². The highest BCUT2D eigenvalue weighted by Crippen LogP contribution is 2.42. The van der Waals surface area contributed by atoms with Gasteiger partial charge in [-0.3, -0.25) is 33.6 Å². The number of aliphatic hydroxyl groups excluding tert-OH is 2. The van der Waals surface area contributed by atoms with Crippen LogP contribution in [0.2, 0.25) is 0 Å². The molecule has 6 amide bonds. The first-order valence-electron chi connectivity index (χ1n) is 28.2. The minimum absolute atomic E-state index is 0.0614. The first-order valence-corrected chi connectivity index (χ1v) is 33.6. The topological polar surface area (TPSA) is 407 Å². The quantitative estimate of drug-likeness (QED) is 0.0765. The number of cyclic esters (lactones) is 1. The number of hydrogen-bond acceptors (Lipinski definition) is 26. The lowest BCUT2D eigenvalue weighted by Crippen LogP contribution is -2.52. The van der Waals surface area contributed by atoms with Crippen molar-refractivity contribution in [3.63, 3.8) is 0 Å². The van der Waals surface area contributed by atoms with Crippen molar-refractivity contribution >= 4 is 132 Å². The third-order valence-corrected chi connectivity index (χ3v) is 20.2. The third kappa shape index (κ3) is 14.2. The summed E-state index contributed by atoms with van der Waals surface area (Å²) in [5.74, 6) is -6.35. The molecule has 0 saturated heterocycles. The molecule has 9 aromatic rings. The summed E-state index contributed by atoms with van der Waals surface area (Å²) in [7, 11) is 1.79. The van der Waals surface area contributed by atoms with Gasteiger partial charge in [-0.1, -0.05) is 30.0 Å². The summed E-state index contributed by atoms with van der Waals surface area (Å²) < 4.78 is 7.57. The number of likely N-dealkylation sites (N-methyl/N-ethyl adjacent to an activating group) is 1. The number of nitrogens with one attached hydrogen (secondary N) is 6. The van der Waals surface area contributed by atoms with Crippen molar-refractivity contribution in [2.75, 3.05) is 25.9 Å². The van der Waals surface area contributed by atoms with E-state index in [9.17, 15) is 53.7 Å². The lowest BCUT2D eigenvalue weighted by molar-refractivity contribution is -0.155. The Morgan fingerprint density at radius 1 is 0.859 bits per heavy atom. The molecule has 28 nitrogen and oxygen atoms in total. The first-order chi connectivity index (χ1) is 44.2. The number of amides is 6. The lowest BCUT2D eigenvalue weighted by Gasteiger charge is -2.22. The molecule has 1 aromatic carbocycles. The molecule has 476 valence electrons. The SMILES string of the molecule is CC=C1NC(=O)C(C(C)O)NC(=O)c2csc(n2)-c2cc(O)c(-c3nc(C(=O)NC(CN(C)CCCn4ccnc4)C(N)=O)cs3)nc2-c2csc(n2)C2CSC(=O)c3[nH]c4cccc(c4c3C)COC(=O)C(O)CC(NC(=O)c3csc1n3)c1nc(cs1)C(=O)N2. The number of imidazole rings is 1. The second-order valence-electron chi connectivity index (χ2n) is 21.2. The summed E-state index contributed by atoms with van der Waals surface area (Å²) in [6, 6.07) is 1.55. The number of hydrogen-bond donors (Lipinski definition) is 10. The fraction of sp³-hybridized carbons (Fsp3) is 0.293. The average Bonchev–Trinajstić information content (AvgIpc) is 1.56. The number of thiazole rings is 5. The van der Waals surface area contributed by atoms with Gasteiger partial charge in [-0.2, -0.15) is 0 Å². The molecular weight excluding hydrogens is 1310 g/mol. The molecule has 0 saturated carbocycles. The number of ether oxygens (including phenoxy) is 1. The Balaban J connectivity index is 0.989. The molecule has 92 heavy (non-hydrogen) atoms. The van der Waals surface area contributed by atoms with E-state index in [4.69, 9.17) is 20.4 Å². The van der Waals surface area contributed by atoms with E-state index in [0.717, 1.165) is 74.9 Å². The van der Waals surface area contributed by atoms with Crippen molar-refractivity contribution in [2.45, 2.75) is 83.1 Å². The van der Waals surface area contributed by atoms with Gasteiger partial charge in [-0.25, -0.2) is 39.7 Å². The van der Waals surface area contributed by atoms with E-state index in [1.54, 1.807) is 57.0 Å². The Hall–Kier alpha value is -9.00. The molecule has 8 aromatic heterocycles. The number of nitrogens with zero attached hydrogens (tertiary/aromatic N) is 9. The fourth-order valence-corrected chi connectivity index (χ4v) is 15.1. The Morgan fingerprint density at radius 3 is 2.26 bits per heavy atom. The number of carbonyl (C=O) groups is 8. The van der Waals surface area contributed by atoms with Crippen LogP contribution in [0.5, 0.6) is 5.75 Å². The Morgan fingerprint density at radius 2 is 1.53 bits per heavy atom. The standard InChI is InChI=1S/C58H56N16O12S6/c1-5-29-53-68-34(20-89-53)47(79)63-31-15-40(77)57(84)86-17-27-8-6-9-30-41(27)25(2)42(61-30)58(85)92-23-38(65-49(81)35-21-90-54(31)69-35)55-66-33(18-88-55)44-28(52-67-37(19-87-52)50(82)72-43(26(3)75)51(83)62-29)14-39(76)45(71-44)56-70-36(22-91-56)48(80)64-32(46(59)78)16-73(4)11-7-12-74-13-10-60-24-74/h5-6,8-10,13-14,18-22,24,26,31-32,38,40,43,61,75-77H,7,11-12,15-17,23H2,1-4H3,(H2,59,78)(H,62,83)(H,63,79)(H,64,80)(H,65,81)(H,72,82). The van der Waals surface area contributed by atoms with Gasteiger partial charge in [0.15, 0.2) is 6.10 Å². The molecule has 11 rings (SSSR count). The monoisotopic (exact) mass is 1360 g/mol. The number of rotatable bonds is 11. The highest BCUT2D eigenvalue weighted by atomic mass is 32.2. The van der Waals surface area contributed by atoms with Crippen LogP contribution in [0.4, 0.5) is 0 Å². The molecule has 0 aliphatic carbocycles. The van der Waals surface area contributed by atoms with Crippen LogP contribution in [0.15, 0.2) is 76.0 Å². The minimum atomic E-state index is -1.84. The van der Waals surface area contributed by atoms with Gasteiger partial charge in [-0.05, 0) is 64.0 Å². The number of aryl methyl sites for hydroxylation is 2. The van der Waals surface area contributed by atoms with E-state index in [0.29, 0.717) is 35.1 Å². The van der Waals surface area contributed by atoms with Crippen LogP contribution in [0.1, 0.15) is 117 Å². The molecular formula is C58H56N16O12S6. The molecule has 12 bridgehead atoms. The number of esters is 1. The largest absolute Gasteiger partial charge is 0.506 e. The molecule has 2 aliphatic heterocycles. The number of carbonyl (C=O) groups excluding carboxylic acids is 8. The van der Waals surface area contributed by atoms with Crippen molar-refractivity contribution in [3.8, 4) is 38.4 Å². The Kier molecular flexibility index (Phi) is 19.5. The van der Waals surface area contributed by atoms with Crippen molar-refractivity contribution in [2.24, 2.45) is 5.73 Å². The second-order valence-corrected chi connectivity index (χ2v) is 26.6. The fourth-order valence-electron chi connectivity index (χ4n) is 9.96. The first kappa shape index (κ1) is 64.5. The summed E-state index contributed by atoms with van der Waals surface area (Å²) in [5, 5.41) is 56.1. The van der Waals surface area contributed by atoms with Gasteiger partial charge in [0, 0.05) is 81.0 Å². The maximum Gasteiger partial charge on any atom is 0.335 e. The minimum Gasteiger partial charge on any atom is -0.506 e. The highest BCUT2D eigenvalue weighted by Gasteiger charge is 2.34. The number of fused-ring (bicyclic) bond motifs is 13. The zero-order valence-corrected chi connectivity index (χ0v) is 53.9. The molecule has 6 atom stereocenters. The number of allylic oxidation sites excluding steroid dienone is 1. The van der Waals surface area contributed by atoms with E-state index < -0.39 is 95.1 Å². The predicted molar refractivity (Wildman–Crippen MR) is 344 cm³/mol. The maximum atomic E-state index is 14.6. The summed E-state index contributed by atoms with van der Waals surface area (Å²) in [5.41, 5.74) is 7.38. The average molecular weight is 1360 g/mol. The molecule has 11 N–H and O–H groups in total. The van der Waals surface area contributed by atoms with Gasteiger partial charge in [0.25, 0.3) is 23.6 Å². The van der Waals surface area contributed by atoms with E-state index in [-0.39, 0.29) is 101 Å². The highest BCUT2D eigenvalue weighted by molar-refractivity contribution is 8.14. The van der Waals surface area contributed by atoms with Crippen molar-refractivity contribution in [1.82, 2.24) is 75.9 Å². The van der Waals surface area contributed by atoms with Gasteiger partial charge in [0.1, 0.15) is 89.3 Å². The molecule has 6 unspecified atom stereocenters. The number of pyridine rings is 1. The van der Waals surface area contributed by atoms with Gasteiger partial charge < -0.3 is 66.8 Å². The molecule has 2 aliphatic rings. The Labute approximate surface area is 546 Å². The zero-order chi connectivity index (χ0) is 65.1. The summed E-state index contributed by atoms with van der Waals surface area (Å²) in [6.07, 6.45) is 3.64. The number of benzene rings is 1. The van der Waals surface area contributed by atoms with Crippen LogP contribution < -0.4 is 32.3 Å². The number of primary amides is 1. The number of H-pyrrole nitrogens is 1. The van der Waals surface area contributed by atoms with Crippen LogP contribution in [0.25, 0.3) is 49.3 Å². The van der Waals surface area contributed by atoms with E-state index in [1.165, 1.54) is 40.6 Å². The van der Waals surface area contributed by atoms with E-state index in [1.807, 2.05) is 15.7 Å². The lowest BCUT2D eigenvalue weighted by atomic mass is 10.1. The molecule has 0 fully saturated rings. The number of aliphatic hydroxyl groups is 2. The van der Waals surface area contributed by atoms with E-state index >= 15 is 0 Å². The van der Waals surface area contributed by atoms with Crippen LogP contribution in [-0.4, -0.2) is 161 Å². The van der Waals surface area contributed by atoms with Gasteiger partial charge in [0.2, 0.25) is 16.9 Å². The smallest absolute Gasteiger partial charge is 0.335 e. The zero-order valence-electron chi connectivity index (χ0n) is 49.0. The number of aromatic hydroxyl groups is 1. The molecule has 0 spiro atoms. The van der Waals surface area contributed by atoms with Gasteiger partial charge in [-0.15, -0.1) is 56.7 Å². The van der Waals surface area contributed by atoms with Crippen LogP contribution in [0, 0.1) is 6.92 Å². The second kappa shape index (κ2) is 27.8. The number of aromatic amines is 1. The maximum absolute atomic E-state index is 14.6. The summed E-state index contributed by atoms with van der Waals surface area (Å²) in [4.78, 5) is 149. The summed E-state index contributed by atoms with van der Waals surface area (Å²) in [6.45, 7) is 5.66. The molecule has 34 heteroatoms. The predicted octanol–water partition coefficient (Wildman–Crippen LogP) is 4.96.